The lowest BCUT2D eigenvalue weighted by Crippen LogP contribution is -2.25. The van der Waals surface area contributed by atoms with Crippen LogP contribution in [0.5, 0.6) is 5.75 Å². The first-order valence-electron chi connectivity index (χ1n) is 9.16. The Kier molecular flexibility index (Phi) is 6.77. The van der Waals surface area contributed by atoms with Gasteiger partial charge in [0.1, 0.15) is 5.75 Å². The molecular formula is C20H24N4O2S. The summed E-state index contributed by atoms with van der Waals surface area (Å²) in [5.74, 6) is 4.14. The van der Waals surface area contributed by atoms with Crippen LogP contribution in [0.4, 0.5) is 0 Å². The van der Waals surface area contributed by atoms with Gasteiger partial charge in [-0.1, -0.05) is 49.1 Å². The quantitative estimate of drug-likeness (QED) is 0.586. The molecule has 1 heterocycles. The smallest absolute Gasteiger partial charge is 0.231 e. The summed E-state index contributed by atoms with van der Waals surface area (Å²) in [6.07, 6.45) is 11.0. The van der Waals surface area contributed by atoms with Crippen LogP contribution in [0.3, 0.4) is 0 Å². The van der Waals surface area contributed by atoms with Crippen molar-refractivity contribution < 1.29 is 9.53 Å². The highest BCUT2D eigenvalue weighted by atomic mass is 32.2. The van der Waals surface area contributed by atoms with Crippen molar-refractivity contribution in [1.82, 2.24) is 20.1 Å². The van der Waals surface area contributed by atoms with E-state index in [2.05, 4.69) is 26.0 Å². The summed E-state index contributed by atoms with van der Waals surface area (Å²) < 4.78 is 7.71. The zero-order chi connectivity index (χ0) is 19.1. The van der Waals surface area contributed by atoms with Crippen LogP contribution in [0, 0.1) is 12.3 Å². The van der Waals surface area contributed by atoms with Crippen molar-refractivity contribution in [2.24, 2.45) is 0 Å². The molecule has 0 unspecified atom stereocenters. The third-order valence-corrected chi connectivity index (χ3v) is 5.62. The molecule has 1 amide bonds. The van der Waals surface area contributed by atoms with E-state index in [-0.39, 0.29) is 18.2 Å². The van der Waals surface area contributed by atoms with E-state index < -0.39 is 0 Å². The molecule has 0 spiro atoms. The summed E-state index contributed by atoms with van der Waals surface area (Å²) >= 11 is 1.40. The molecule has 27 heavy (non-hydrogen) atoms. The molecule has 6 nitrogen and oxygen atoms in total. The first-order chi connectivity index (χ1) is 13.2. The van der Waals surface area contributed by atoms with Crippen molar-refractivity contribution >= 4 is 17.7 Å². The third-order valence-electron chi connectivity index (χ3n) is 4.67. The largest absolute Gasteiger partial charge is 0.496 e. The number of amides is 1. The minimum atomic E-state index is -0.102. The summed E-state index contributed by atoms with van der Waals surface area (Å²) in [6.45, 7) is 0.237. The highest BCUT2D eigenvalue weighted by Gasteiger charge is 2.25. The Morgan fingerprint density at radius 1 is 1.33 bits per heavy atom. The van der Waals surface area contributed by atoms with Gasteiger partial charge < -0.3 is 10.1 Å². The Morgan fingerprint density at radius 3 is 2.85 bits per heavy atom. The van der Waals surface area contributed by atoms with Crippen molar-refractivity contribution in [3.05, 3.63) is 24.3 Å². The molecule has 1 fully saturated rings. The van der Waals surface area contributed by atoms with Crippen LogP contribution in [0.25, 0.3) is 11.4 Å². The van der Waals surface area contributed by atoms with Crippen molar-refractivity contribution in [1.29, 1.82) is 0 Å². The molecule has 0 aliphatic heterocycles. The van der Waals surface area contributed by atoms with E-state index in [1.807, 2.05) is 24.3 Å². The molecule has 1 aromatic heterocycles. The van der Waals surface area contributed by atoms with Crippen molar-refractivity contribution in [2.75, 3.05) is 19.4 Å². The molecule has 2 aromatic rings. The zero-order valence-corrected chi connectivity index (χ0v) is 16.3. The molecule has 3 rings (SSSR count). The fraction of sp³-hybridized carbons (Fsp3) is 0.450. The second-order valence-corrected chi connectivity index (χ2v) is 7.38. The molecule has 7 heteroatoms. The monoisotopic (exact) mass is 384 g/mol. The summed E-state index contributed by atoms with van der Waals surface area (Å²) in [5, 5.41) is 12.3. The van der Waals surface area contributed by atoms with E-state index in [0.717, 1.165) is 35.1 Å². The lowest BCUT2D eigenvalue weighted by molar-refractivity contribution is -0.118. The number of ether oxygens (including phenoxy) is 1. The van der Waals surface area contributed by atoms with Crippen molar-refractivity contribution in [2.45, 2.75) is 43.3 Å². The number of terminal acetylenes is 1. The lowest BCUT2D eigenvalue weighted by atomic mass is 9.95. The van der Waals surface area contributed by atoms with Crippen molar-refractivity contribution in [3.63, 3.8) is 0 Å². The minimum Gasteiger partial charge on any atom is -0.496 e. The number of benzene rings is 1. The topological polar surface area (TPSA) is 69.0 Å². The fourth-order valence-corrected chi connectivity index (χ4v) is 4.22. The summed E-state index contributed by atoms with van der Waals surface area (Å²) in [6, 6.07) is 8.17. The van der Waals surface area contributed by atoms with Gasteiger partial charge in [-0.15, -0.1) is 16.6 Å². The number of thioether (sulfide) groups is 1. The molecule has 0 saturated heterocycles. The van der Waals surface area contributed by atoms with Gasteiger partial charge in [0, 0.05) is 6.04 Å². The zero-order valence-electron chi connectivity index (χ0n) is 15.5. The van der Waals surface area contributed by atoms with Gasteiger partial charge in [-0.05, 0) is 25.0 Å². The standard InChI is InChI=1S/C20H24N4O2S/c1-3-13-21-18(25)14-27-20-23-22-19(16-11-7-8-12-17(16)26-2)24(20)15-9-5-4-6-10-15/h1,7-8,11-12,15H,4-6,9-10,13-14H2,2H3,(H,21,25). The maximum absolute atomic E-state index is 11.9. The van der Waals surface area contributed by atoms with Crippen LogP contribution >= 0.6 is 11.8 Å². The van der Waals surface area contributed by atoms with Gasteiger partial charge in [-0.3, -0.25) is 9.36 Å². The van der Waals surface area contributed by atoms with E-state index in [1.165, 1.54) is 31.0 Å². The molecule has 1 saturated carbocycles. The maximum atomic E-state index is 11.9. The van der Waals surface area contributed by atoms with Gasteiger partial charge in [0.15, 0.2) is 11.0 Å². The van der Waals surface area contributed by atoms with Crippen LogP contribution in [-0.2, 0) is 4.79 Å². The molecule has 0 bridgehead atoms. The second-order valence-electron chi connectivity index (χ2n) is 6.44. The van der Waals surface area contributed by atoms with E-state index >= 15 is 0 Å². The van der Waals surface area contributed by atoms with E-state index in [0.29, 0.717) is 6.04 Å². The summed E-state index contributed by atoms with van der Waals surface area (Å²) in [4.78, 5) is 11.9. The van der Waals surface area contributed by atoms with Crippen LogP contribution in [-0.4, -0.2) is 40.1 Å². The Morgan fingerprint density at radius 2 is 2.11 bits per heavy atom. The Hall–Kier alpha value is -2.46. The number of aromatic nitrogens is 3. The van der Waals surface area contributed by atoms with Crippen molar-refractivity contribution in [3.8, 4) is 29.5 Å². The van der Waals surface area contributed by atoms with Gasteiger partial charge in [0.2, 0.25) is 5.91 Å². The number of carbonyl (C=O) groups excluding carboxylic acids is 1. The predicted molar refractivity (Wildman–Crippen MR) is 107 cm³/mol. The van der Waals surface area contributed by atoms with E-state index in [4.69, 9.17) is 11.2 Å². The number of para-hydroxylation sites is 1. The van der Waals surface area contributed by atoms with Crippen LogP contribution in [0.15, 0.2) is 29.4 Å². The van der Waals surface area contributed by atoms with Gasteiger partial charge in [-0.25, -0.2) is 0 Å². The summed E-state index contributed by atoms with van der Waals surface area (Å²) in [7, 11) is 1.66. The molecule has 1 aromatic carbocycles. The SMILES string of the molecule is C#CCNC(=O)CSc1nnc(-c2ccccc2OC)n1C1CCCCC1. The first kappa shape index (κ1) is 19.3. The number of hydrogen-bond donors (Lipinski definition) is 1. The fourth-order valence-electron chi connectivity index (χ4n) is 3.39. The molecule has 1 aliphatic carbocycles. The number of nitrogens with zero attached hydrogens (tertiary/aromatic N) is 3. The number of nitrogens with one attached hydrogen (secondary N) is 1. The molecule has 142 valence electrons. The number of methoxy groups -OCH3 is 1. The molecule has 1 aliphatic rings. The van der Waals surface area contributed by atoms with Gasteiger partial charge in [-0.2, -0.15) is 0 Å². The van der Waals surface area contributed by atoms with Gasteiger partial charge in [0.25, 0.3) is 0 Å². The van der Waals surface area contributed by atoms with Gasteiger partial charge in [0.05, 0.1) is 25.0 Å². The molecule has 0 atom stereocenters. The van der Waals surface area contributed by atoms with E-state index in [9.17, 15) is 4.79 Å². The third kappa shape index (κ3) is 4.64. The Balaban J connectivity index is 1.91. The summed E-state index contributed by atoms with van der Waals surface area (Å²) in [5.41, 5.74) is 0.918. The van der Waals surface area contributed by atoms with Crippen LogP contribution < -0.4 is 10.1 Å². The van der Waals surface area contributed by atoms with Gasteiger partial charge >= 0.3 is 0 Å². The highest BCUT2D eigenvalue weighted by Crippen LogP contribution is 2.37. The number of rotatable bonds is 7. The predicted octanol–water partition coefficient (Wildman–Crippen LogP) is 3.30. The average Bonchev–Trinajstić information content (AvgIpc) is 3.15. The molecule has 1 N–H and O–H groups in total. The average molecular weight is 385 g/mol. The normalized spacial score (nSPS) is 14.5. The maximum Gasteiger partial charge on any atom is 0.231 e. The highest BCUT2D eigenvalue weighted by molar-refractivity contribution is 7.99. The first-order valence-corrected chi connectivity index (χ1v) is 10.1. The molecule has 0 radical (unpaired) electrons. The Bertz CT molecular complexity index is 822. The van der Waals surface area contributed by atoms with Crippen LogP contribution in [0.1, 0.15) is 38.1 Å². The number of carbonyl (C=O) groups is 1. The van der Waals surface area contributed by atoms with Crippen LogP contribution in [0.2, 0.25) is 0 Å². The number of hydrogen-bond acceptors (Lipinski definition) is 5. The Labute approximate surface area is 164 Å². The second kappa shape index (κ2) is 9.47. The minimum absolute atomic E-state index is 0.102. The molecular weight excluding hydrogens is 360 g/mol. The van der Waals surface area contributed by atoms with E-state index in [1.54, 1.807) is 7.11 Å². The lowest BCUT2D eigenvalue weighted by Gasteiger charge is -2.26.